The summed E-state index contributed by atoms with van der Waals surface area (Å²) >= 11 is 0. The Bertz CT molecular complexity index is 504. The van der Waals surface area contributed by atoms with Gasteiger partial charge in [-0.3, -0.25) is 0 Å². The van der Waals surface area contributed by atoms with Crippen LogP contribution in [0.15, 0.2) is 54.6 Å². The molecule has 1 atom stereocenters. The second-order valence-electron chi connectivity index (χ2n) is 4.59. The van der Waals surface area contributed by atoms with Gasteiger partial charge < -0.3 is 10.1 Å². The van der Waals surface area contributed by atoms with E-state index in [1.165, 1.54) is 11.1 Å². The molecule has 1 saturated heterocycles. The summed E-state index contributed by atoms with van der Waals surface area (Å²) in [6.07, 6.45) is 1.39. The zero-order valence-corrected chi connectivity index (χ0v) is 10.3. The summed E-state index contributed by atoms with van der Waals surface area (Å²) in [5.74, 6) is 0.984. The fourth-order valence-corrected chi connectivity index (χ4v) is 2.33. The van der Waals surface area contributed by atoms with Crippen molar-refractivity contribution in [3.8, 4) is 16.9 Å². The lowest BCUT2D eigenvalue weighted by Crippen LogP contribution is -2.19. The SMILES string of the molecule is c1ccc(-c2ccccc2OC2CCNC2)cc1. The highest BCUT2D eigenvalue weighted by atomic mass is 16.5. The summed E-state index contributed by atoms with van der Waals surface area (Å²) < 4.78 is 6.10. The van der Waals surface area contributed by atoms with Gasteiger partial charge in [0.25, 0.3) is 0 Å². The molecular formula is C16H17NO. The molecule has 2 aromatic carbocycles. The molecule has 0 aliphatic carbocycles. The molecule has 0 aromatic heterocycles. The Morgan fingerprint density at radius 3 is 2.50 bits per heavy atom. The Balaban J connectivity index is 1.90. The van der Waals surface area contributed by atoms with Gasteiger partial charge in [-0.25, -0.2) is 0 Å². The monoisotopic (exact) mass is 239 g/mol. The summed E-state index contributed by atoms with van der Waals surface area (Å²) in [6.45, 7) is 2.00. The van der Waals surface area contributed by atoms with E-state index in [0.29, 0.717) is 6.10 Å². The predicted octanol–water partition coefficient (Wildman–Crippen LogP) is 3.09. The molecule has 2 aromatic rings. The maximum Gasteiger partial charge on any atom is 0.127 e. The Morgan fingerprint density at radius 1 is 0.944 bits per heavy atom. The maximum atomic E-state index is 6.10. The predicted molar refractivity (Wildman–Crippen MR) is 73.8 cm³/mol. The largest absolute Gasteiger partial charge is 0.488 e. The van der Waals surface area contributed by atoms with E-state index in [2.05, 4.69) is 47.8 Å². The van der Waals surface area contributed by atoms with Gasteiger partial charge >= 0.3 is 0 Å². The van der Waals surface area contributed by atoms with Crippen LogP contribution in [0, 0.1) is 0 Å². The minimum atomic E-state index is 0.301. The number of ether oxygens (including phenoxy) is 1. The van der Waals surface area contributed by atoms with Crippen molar-refractivity contribution in [1.82, 2.24) is 5.32 Å². The van der Waals surface area contributed by atoms with Crippen LogP contribution in [0.1, 0.15) is 6.42 Å². The number of hydrogen-bond donors (Lipinski definition) is 1. The highest BCUT2D eigenvalue weighted by Gasteiger charge is 2.17. The minimum absolute atomic E-state index is 0.301. The van der Waals surface area contributed by atoms with Gasteiger partial charge in [-0.05, 0) is 24.6 Å². The van der Waals surface area contributed by atoms with E-state index in [-0.39, 0.29) is 0 Å². The van der Waals surface area contributed by atoms with Crippen LogP contribution < -0.4 is 10.1 Å². The third-order valence-electron chi connectivity index (χ3n) is 3.28. The quantitative estimate of drug-likeness (QED) is 0.888. The average Bonchev–Trinajstić information content (AvgIpc) is 2.93. The molecule has 1 unspecified atom stereocenters. The van der Waals surface area contributed by atoms with Crippen LogP contribution in [0.2, 0.25) is 0 Å². The van der Waals surface area contributed by atoms with Crippen LogP contribution in [0.5, 0.6) is 5.75 Å². The number of nitrogens with one attached hydrogen (secondary N) is 1. The Kier molecular flexibility index (Phi) is 3.29. The van der Waals surface area contributed by atoms with Gasteiger partial charge in [0.15, 0.2) is 0 Å². The minimum Gasteiger partial charge on any atom is -0.488 e. The van der Waals surface area contributed by atoms with E-state index in [9.17, 15) is 0 Å². The number of benzene rings is 2. The summed E-state index contributed by atoms with van der Waals surface area (Å²) in [5, 5.41) is 3.33. The topological polar surface area (TPSA) is 21.3 Å². The van der Waals surface area contributed by atoms with Gasteiger partial charge in [-0.15, -0.1) is 0 Å². The molecule has 18 heavy (non-hydrogen) atoms. The van der Waals surface area contributed by atoms with Crippen LogP contribution in [0.3, 0.4) is 0 Å². The molecule has 1 aliphatic heterocycles. The molecule has 92 valence electrons. The average molecular weight is 239 g/mol. The van der Waals surface area contributed by atoms with Crippen molar-refractivity contribution >= 4 is 0 Å². The van der Waals surface area contributed by atoms with Crippen molar-refractivity contribution in [3.63, 3.8) is 0 Å². The fourth-order valence-electron chi connectivity index (χ4n) is 2.33. The van der Waals surface area contributed by atoms with Crippen LogP contribution in [-0.2, 0) is 0 Å². The van der Waals surface area contributed by atoms with E-state index in [0.717, 1.165) is 25.3 Å². The molecule has 0 saturated carbocycles. The first-order valence-corrected chi connectivity index (χ1v) is 6.45. The molecule has 0 bridgehead atoms. The lowest BCUT2D eigenvalue weighted by molar-refractivity contribution is 0.224. The first kappa shape index (κ1) is 11.3. The molecule has 0 spiro atoms. The highest BCUT2D eigenvalue weighted by Crippen LogP contribution is 2.30. The Labute approximate surface area is 108 Å². The van der Waals surface area contributed by atoms with E-state index in [1.807, 2.05) is 12.1 Å². The van der Waals surface area contributed by atoms with Crippen LogP contribution >= 0.6 is 0 Å². The first-order chi connectivity index (χ1) is 8.93. The second-order valence-corrected chi connectivity index (χ2v) is 4.59. The molecule has 0 radical (unpaired) electrons. The van der Waals surface area contributed by atoms with Crippen molar-refractivity contribution in [2.24, 2.45) is 0 Å². The van der Waals surface area contributed by atoms with Crippen molar-refractivity contribution < 1.29 is 4.74 Å². The van der Waals surface area contributed by atoms with Crippen LogP contribution in [-0.4, -0.2) is 19.2 Å². The van der Waals surface area contributed by atoms with Gasteiger partial charge in [0.1, 0.15) is 11.9 Å². The van der Waals surface area contributed by atoms with Gasteiger partial charge in [0, 0.05) is 12.1 Å². The number of para-hydroxylation sites is 1. The fraction of sp³-hybridized carbons (Fsp3) is 0.250. The number of hydrogen-bond acceptors (Lipinski definition) is 2. The first-order valence-electron chi connectivity index (χ1n) is 6.45. The Hall–Kier alpha value is -1.80. The molecule has 3 rings (SSSR count). The van der Waals surface area contributed by atoms with Gasteiger partial charge in [-0.1, -0.05) is 48.5 Å². The smallest absolute Gasteiger partial charge is 0.127 e. The highest BCUT2D eigenvalue weighted by molar-refractivity contribution is 5.70. The van der Waals surface area contributed by atoms with Crippen LogP contribution in [0.4, 0.5) is 0 Å². The van der Waals surface area contributed by atoms with Crippen molar-refractivity contribution in [3.05, 3.63) is 54.6 Å². The molecule has 2 heteroatoms. The molecule has 1 aliphatic rings. The zero-order valence-electron chi connectivity index (χ0n) is 10.3. The summed E-state index contributed by atoms with van der Waals surface area (Å²) in [5.41, 5.74) is 2.38. The van der Waals surface area contributed by atoms with E-state index in [4.69, 9.17) is 4.74 Å². The van der Waals surface area contributed by atoms with Crippen molar-refractivity contribution in [2.45, 2.75) is 12.5 Å². The lowest BCUT2D eigenvalue weighted by atomic mass is 10.0. The summed E-state index contributed by atoms with van der Waals surface area (Å²) in [6, 6.07) is 18.7. The van der Waals surface area contributed by atoms with Crippen molar-refractivity contribution in [2.75, 3.05) is 13.1 Å². The summed E-state index contributed by atoms with van der Waals surface area (Å²) in [7, 11) is 0. The van der Waals surface area contributed by atoms with Gasteiger partial charge in [-0.2, -0.15) is 0 Å². The number of rotatable bonds is 3. The standard InChI is InChI=1S/C16H17NO/c1-2-6-13(7-3-1)15-8-4-5-9-16(15)18-14-10-11-17-12-14/h1-9,14,17H,10-12H2. The van der Waals surface area contributed by atoms with Gasteiger partial charge in [0.2, 0.25) is 0 Å². The van der Waals surface area contributed by atoms with Gasteiger partial charge in [0.05, 0.1) is 0 Å². The normalized spacial score (nSPS) is 18.8. The van der Waals surface area contributed by atoms with E-state index < -0.39 is 0 Å². The molecule has 0 amide bonds. The molecule has 2 nitrogen and oxygen atoms in total. The molecular weight excluding hydrogens is 222 g/mol. The van der Waals surface area contributed by atoms with E-state index >= 15 is 0 Å². The third-order valence-corrected chi connectivity index (χ3v) is 3.28. The third kappa shape index (κ3) is 2.39. The lowest BCUT2D eigenvalue weighted by Gasteiger charge is -2.16. The van der Waals surface area contributed by atoms with E-state index in [1.54, 1.807) is 0 Å². The van der Waals surface area contributed by atoms with Crippen molar-refractivity contribution in [1.29, 1.82) is 0 Å². The molecule has 1 heterocycles. The molecule has 1 N–H and O–H groups in total. The molecule has 1 fully saturated rings. The summed E-state index contributed by atoms with van der Waals surface area (Å²) in [4.78, 5) is 0. The zero-order chi connectivity index (χ0) is 12.2. The van der Waals surface area contributed by atoms with Crippen LogP contribution in [0.25, 0.3) is 11.1 Å². The Morgan fingerprint density at radius 2 is 1.72 bits per heavy atom. The maximum absolute atomic E-state index is 6.10. The second kappa shape index (κ2) is 5.23.